The highest BCUT2D eigenvalue weighted by Crippen LogP contribution is 2.59. The summed E-state index contributed by atoms with van der Waals surface area (Å²) in [6.45, 7) is 0.901. The molecule has 28 heavy (non-hydrogen) atoms. The summed E-state index contributed by atoms with van der Waals surface area (Å²) in [7, 11) is 0. The monoisotopic (exact) mass is 380 g/mol. The molecule has 0 radical (unpaired) electrons. The van der Waals surface area contributed by atoms with E-state index in [1.165, 1.54) is 64.2 Å². The van der Waals surface area contributed by atoms with Crippen molar-refractivity contribution in [2.45, 2.75) is 76.3 Å². The van der Waals surface area contributed by atoms with Gasteiger partial charge in [0, 0.05) is 18.6 Å². The first-order valence-electron chi connectivity index (χ1n) is 11.2. The number of nitriles is 1. The Labute approximate surface area is 167 Å². The molecule has 5 fully saturated rings. The van der Waals surface area contributed by atoms with Crippen LogP contribution in [0.25, 0.3) is 0 Å². The molecule has 0 spiro atoms. The van der Waals surface area contributed by atoms with Gasteiger partial charge in [-0.3, -0.25) is 0 Å². The van der Waals surface area contributed by atoms with Gasteiger partial charge in [-0.2, -0.15) is 10.2 Å². The van der Waals surface area contributed by atoms with Crippen LogP contribution in [0.1, 0.15) is 69.8 Å². The quantitative estimate of drug-likeness (QED) is 0.721. The summed E-state index contributed by atoms with van der Waals surface area (Å²) in [6, 6.07) is 3.12. The second-order valence-electron chi connectivity index (χ2n) is 9.95. The molecular weight excluding hydrogens is 348 g/mol. The van der Waals surface area contributed by atoms with E-state index >= 15 is 0 Å². The van der Waals surface area contributed by atoms with Crippen molar-refractivity contribution in [3.8, 4) is 6.07 Å². The van der Waals surface area contributed by atoms with E-state index in [0.29, 0.717) is 46.7 Å². The third kappa shape index (κ3) is 3.34. The molecule has 1 heterocycles. The van der Waals surface area contributed by atoms with Crippen molar-refractivity contribution >= 4 is 11.8 Å². The fourth-order valence-corrected chi connectivity index (χ4v) is 6.82. The third-order valence-corrected chi connectivity index (χ3v) is 7.95. The molecule has 5 aliphatic carbocycles. The first kappa shape index (κ1) is 18.2. The summed E-state index contributed by atoms with van der Waals surface area (Å²) in [6.07, 6.45) is 14.3. The largest absolute Gasteiger partial charge is 0.368 e. The number of aromatic nitrogens is 2. The van der Waals surface area contributed by atoms with E-state index in [9.17, 15) is 5.26 Å². The summed E-state index contributed by atoms with van der Waals surface area (Å²) < 4.78 is 0. The maximum atomic E-state index is 9.52. The minimum atomic E-state index is 0.334. The maximum absolute atomic E-state index is 9.52. The van der Waals surface area contributed by atoms with Crippen LogP contribution >= 0.6 is 0 Å². The van der Waals surface area contributed by atoms with E-state index in [0.717, 1.165) is 12.5 Å². The average molecular weight is 381 g/mol. The lowest BCUT2D eigenvalue weighted by Crippen LogP contribution is -2.58. The predicted molar refractivity (Wildman–Crippen MR) is 110 cm³/mol. The lowest BCUT2D eigenvalue weighted by atomic mass is 9.48. The van der Waals surface area contributed by atoms with Gasteiger partial charge in [0.2, 0.25) is 5.95 Å². The molecule has 0 saturated heterocycles. The van der Waals surface area contributed by atoms with Crippen LogP contribution in [0.15, 0.2) is 6.20 Å². The fourth-order valence-electron chi connectivity index (χ4n) is 6.82. The summed E-state index contributed by atoms with van der Waals surface area (Å²) in [5.74, 6) is 3.58. The topological polar surface area (TPSA) is 99.6 Å². The van der Waals surface area contributed by atoms with Crippen LogP contribution in [0.5, 0.6) is 0 Å². The van der Waals surface area contributed by atoms with Crippen LogP contribution in [-0.4, -0.2) is 28.6 Å². The van der Waals surface area contributed by atoms with E-state index in [1.807, 2.05) is 0 Å². The highest BCUT2D eigenvalue weighted by Gasteiger charge is 2.54. The third-order valence-electron chi connectivity index (χ3n) is 7.95. The molecule has 5 aliphatic rings. The summed E-state index contributed by atoms with van der Waals surface area (Å²) in [4.78, 5) is 9.08. The molecule has 6 nitrogen and oxygen atoms in total. The van der Waals surface area contributed by atoms with Gasteiger partial charge in [0.25, 0.3) is 0 Å². The van der Waals surface area contributed by atoms with Crippen LogP contribution in [0.3, 0.4) is 0 Å². The molecule has 0 aromatic carbocycles. The Kier molecular flexibility index (Phi) is 4.66. The van der Waals surface area contributed by atoms with Crippen molar-refractivity contribution in [1.82, 2.24) is 9.97 Å². The summed E-state index contributed by atoms with van der Waals surface area (Å²) >= 11 is 0. The Morgan fingerprint density at radius 1 is 1.14 bits per heavy atom. The lowest BCUT2D eigenvalue weighted by Gasteiger charge is -2.59. The molecule has 1 aromatic heterocycles. The Bertz CT molecular complexity index is 749. The van der Waals surface area contributed by atoms with Gasteiger partial charge >= 0.3 is 0 Å². The maximum Gasteiger partial charge on any atom is 0.224 e. The molecule has 0 aliphatic heterocycles. The number of rotatable bonds is 5. The minimum absolute atomic E-state index is 0.334. The Balaban J connectivity index is 1.29. The molecule has 0 amide bonds. The Morgan fingerprint density at radius 2 is 1.89 bits per heavy atom. The zero-order valence-electron chi connectivity index (χ0n) is 16.7. The van der Waals surface area contributed by atoms with Crippen molar-refractivity contribution in [3.05, 3.63) is 11.8 Å². The first-order chi connectivity index (χ1) is 13.6. The van der Waals surface area contributed by atoms with Gasteiger partial charge < -0.3 is 16.4 Å². The van der Waals surface area contributed by atoms with E-state index in [1.54, 1.807) is 6.20 Å². The Hall–Kier alpha value is -1.87. The molecular formula is C22H32N6. The van der Waals surface area contributed by atoms with Crippen LogP contribution in [-0.2, 0) is 0 Å². The first-order valence-corrected chi connectivity index (χ1v) is 11.2. The van der Waals surface area contributed by atoms with Crippen molar-refractivity contribution in [1.29, 1.82) is 5.26 Å². The SMILES string of the molecule is N#Cc1cnc(NC2CCCCC2)nc1NC[C@]12CC3C[C@H](C1)[C@@H](N)[C@@H](C3)C2. The second kappa shape index (κ2) is 7.18. The predicted octanol–water partition coefficient (Wildman–Crippen LogP) is 3.66. The summed E-state index contributed by atoms with van der Waals surface area (Å²) in [5, 5.41) is 16.6. The molecule has 6 rings (SSSR count). The molecule has 150 valence electrons. The van der Waals surface area contributed by atoms with Gasteiger partial charge in [-0.1, -0.05) is 19.3 Å². The second-order valence-corrected chi connectivity index (χ2v) is 9.95. The normalized spacial score (nSPS) is 36.9. The van der Waals surface area contributed by atoms with Crippen molar-refractivity contribution in [2.75, 3.05) is 17.2 Å². The van der Waals surface area contributed by atoms with Crippen LogP contribution < -0.4 is 16.4 Å². The average Bonchev–Trinajstić information content (AvgIpc) is 2.71. The molecule has 5 atom stereocenters. The van der Waals surface area contributed by atoms with Gasteiger partial charge in [0.1, 0.15) is 17.5 Å². The Morgan fingerprint density at radius 3 is 2.61 bits per heavy atom. The van der Waals surface area contributed by atoms with Crippen LogP contribution in [0, 0.1) is 34.5 Å². The molecule has 1 aromatic rings. The molecule has 4 bridgehead atoms. The molecule has 4 N–H and O–H groups in total. The van der Waals surface area contributed by atoms with E-state index < -0.39 is 0 Å². The number of nitrogens with one attached hydrogen (secondary N) is 2. The highest BCUT2D eigenvalue weighted by atomic mass is 15.2. The molecule has 6 heteroatoms. The number of nitrogens with two attached hydrogens (primary N) is 1. The van der Waals surface area contributed by atoms with Crippen LogP contribution in [0.2, 0.25) is 0 Å². The number of nitrogens with zero attached hydrogens (tertiary/aromatic N) is 3. The zero-order valence-corrected chi connectivity index (χ0v) is 16.7. The summed E-state index contributed by atoms with van der Waals surface area (Å²) in [5.41, 5.74) is 7.37. The van der Waals surface area contributed by atoms with E-state index in [-0.39, 0.29) is 0 Å². The highest BCUT2D eigenvalue weighted by molar-refractivity contribution is 5.53. The number of hydrogen-bond donors (Lipinski definition) is 3. The zero-order chi connectivity index (χ0) is 19.1. The van der Waals surface area contributed by atoms with Crippen molar-refractivity contribution in [3.63, 3.8) is 0 Å². The minimum Gasteiger partial charge on any atom is -0.368 e. The van der Waals surface area contributed by atoms with Gasteiger partial charge in [-0.05, 0) is 68.1 Å². The van der Waals surface area contributed by atoms with Crippen molar-refractivity contribution < 1.29 is 0 Å². The lowest BCUT2D eigenvalue weighted by molar-refractivity contribution is -0.0591. The smallest absolute Gasteiger partial charge is 0.224 e. The number of hydrogen-bond acceptors (Lipinski definition) is 6. The van der Waals surface area contributed by atoms with Gasteiger partial charge in [-0.25, -0.2) is 4.98 Å². The fraction of sp³-hybridized carbons (Fsp3) is 0.773. The van der Waals surface area contributed by atoms with Gasteiger partial charge in [-0.15, -0.1) is 0 Å². The standard InChI is InChI=1S/C22H32N6/c23-11-17-12-25-21(27-18-4-2-1-3-5-18)28-20(17)26-13-22-8-14-6-15(9-22)19(24)16(7-14)10-22/h12,14-16,18-19H,1-10,13,24H2,(H2,25,26,27,28)/t14?,15-,16+,19-,22-. The molecule has 1 unspecified atom stereocenters. The van der Waals surface area contributed by atoms with Gasteiger partial charge in [0.15, 0.2) is 0 Å². The van der Waals surface area contributed by atoms with Crippen molar-refractivity contribution in [2.24, 2.45) is 28.9 Å². The van der Waals surface area contributed by atoms with Crippen LogP contribution in [0.4, 0.5) is 11.8 Å². The molecule has 5 saturated carbocycles. The van der Waals surface area contributed by atoms with E-state index in [4.69, 9.17) is 5.73 Å². The van der Waals surface area contributed by atoms with Gasteiger partial charge in [0.05, 0.1) is 6.20 Å². The van der Waals surface area contributed by atoms with E-state index in [2.05, 4.69) is 26.7 Å². The number of anilines is 2.